The Morgan fingerprint density at radius 3 is 1.53 bits per heavy atom. The Balaban J connectivity index is 1.08. The van der Waals surface area contributed by atoms with Gasteiger partial charge in [-0.3, -0.25) is 4.98 Å². The van der Waals surface area contributed by atoms with Crippen molar-refractivity contribution in [3.8, 4) is 39.1 Å². The van der Waals surface area contributed by atoms with Gasteiger partial charge < -0.3 is 4.57 Å². The average molecular weight is 723 g/mol. The molecule has 0 fully saturated rings. The molecule has 0 atom stereocenters. The summed E-state index contributed by atoms with van der Waals surface area (Å²) in [5.74, 6) is 0. The number of nitrogens with zero attached hydrogens (tertiary/aromatic N) is 2. The number of rotatable bonds is 4. The highest BCUT2D eigenvalue weighted by atomic mass is 15.0. The van der Waals surface area contributed by atoms with E-state index < -0.39 is 0 Å². The smallest absolute Gasteiger partial charge is 0.0724 e. The summed E-state index contributed by atoms with van der Waals surface area (Å²) >= 11 is 0. The Labute approximate surface area is 329 Å². The monoisotopic (exact) mass is 722 g/mol. The van der Waals surface area contributed by atoms with E-state index in [1.54, 1.807) is 0 Å². The van der Waals surface area contributed by atoms with Crippen LogP contribution in [0.15, 0.2) is 207 Å². The van der Waals surface area contributed by atoms with Crippen molar-refractivity contribution in [3.05, 3.63) is 207 Å². The minimum absolute atomic E-state index is 1.11. The predicted octanol–water partition coefficient (Wildman–Crippen LogP) is 14.9. The quantitative estimate of drug-likeness (QED) is 0.165. The molecule has 12 aromatic rings. The highest BCUT2D eigenvalue weighted by Crippen LogP contribution is 2.45. The van der Waals surface area contributed by atoms with E-state index in [0.717, 1.165) is 11.2 Å². The highest BCUT2D eigenvalue weighted by Gasteiger charge is 2.20. The van der Waals surface area contributed by atoms with Gasteiger partial charge in [-0.25, -0.2) is 0 Å². The van der Waals surface area contributed by atoms with Gasteiger partial charge in [-0.05, 0) is 118 Å². The van der Waals surface area contributed by atoms with Crippen molar-refractivity contribution in [2.75, 3.05) is 0 Å². The Morgan fingerprint density at radius 2 is 0.825 bits per heavy atom. The Morgan fingerprint density at radius 1 is 0.298 bits per heavy atom. The van der Waals surface area contributed by atoms with Crippen molar-refractivity contribution in [3.63, 3.8) is 0 Å². The lowest BCUT2D eigenvalue weighted by molar-refractivity contribution is 1.17. The second kappa shape index (κ2) is 12.5. The summed E-state index contributed by atoms with van der Waals surface area (Å²) < 4.78 is 2.37. The second-order valence-corrected chi connectivity index (χ2v) is 15.1. The Hall–Kier alpha value is -7.55. The van der Waals surface area contributed by atoms with Gasteiger partial charge in [0.25, 0.3) is 0 Å². The largest absolute Gasteiger partial charge is 0.307 e. The summed E-state index contributed by atoms with van der Waals surface area (Å²) in [6.07, 6.45) is 3.91. The molecule has 0 unspecified atom stereocenters. The van der Waals surface area contributed by atoms with E-state index in [9.17, 15) is 0 Å². The van der Waals surface area contributed by atoms with Crippen LogP contribution in [0.1, 0.15) is 0 Å². The zero-order valence-electron chi connectivity index (χ0n) is 31.0. The van der Waals surface area contributed by atoms with E-state index in [1.807, 2.05) is 12.4 Å². The van der Waals surface area contributed by atoms with Crippen molar-refractivity contribution >= 4 is 75.7 Å². The maximum atomic E-state index is 4.58. The van der Waals surface area contributed by atoms with Crippen molar-refractivity contribution in [2.24, 2.45) is 0 Å². The molecule has 0 aliphatic rings. The first kappa shape index (κ1) is 31.8. The lowest BCUT2D eigenvalue weighted by Gasteiger charge is -2.17. The minimum Gasteiger partial charge on any atom is -0.307 e. The van der Waals surface area contributed by atoms with Crippen LogP contribution in [0.5, 0.6) is 0 Å². The fourth-order valence-corrected chi connectivity index (χ4v) is 9.51. The van der Waals surface area contributed by atoms with E-state index >= 15 is 0 Å². The molecule has 0 saturated heterocycles. The van der Waals surface area contributed by atoms with E-state index in [-0.39, 0.29) is 0 Å². The SMILES string of the molecule is c1ccc(-c2ccc3c4ccc(-c5ccc(-c6cc7c8ccncc8n(-c8ccccc8)c7c7ccccc67)c6ccccc56)cc4c4ccccc4c3c2)cc1. The van der Waals surface area contributed by atoms with Crippen LogP contribution in [0.2, 0.25) is 0 Å². The van der Waals surface area contributed by atoms with Crippen LogP contribution in [0.3, 0.4) is 0 Å². The summed E-state index contributed by atoms with van der Waals surface area (Å²) in [5.41, 5.74) is 10.8. The van der Waals surface area contributed by atoms with Gasteiger partial charge in [0.15, 0.2) is 0 Å². The molecule has 2 heteroatoms. The molecular weight excluding hydrogens is 689 g/mol. The zero-order chi connectivity index (χ0) is 37.5. The van der Waals surface area contributed by atoms with E-state index in [2.05, 4.69) is 204 Å². The number of para-hydroxylation sites is 1. The second-order valence-electron chi connectivity index (χ2n) is 15.1. The molecule has 10 aromatic carbocycles. The van der Waals surface area contributed by atoms with Gasteiger partial charge in [-0.1, -0.05) is 158 Å². The molecule has 0 radical (unpaired) electrons. The molecule has 264 valence electrons. The van der Waals surface area contributed by atoms with Gasteiger partial charge >= 0.3 is 0 Å². The first-order valence-corrected chi connectivity index (χ1v) is 19.6. The maximum absolute atomic E-state index is 4.58. The summed E-state index contributed by atoms with van der Waals surface area (Å²) in [4.78, 5) is 4.58. The summed E-state index contributed by atoms with van der Waals surface area (Å²) in [5, 5.41) is 15.0. The van der Waals surface area contributed by atoms with Crippen LogP contribution < -0.4 is 0 Å². The topological polar surface area (TPSA) is 17.8 Å². The van der Waals surface area contributed by atoms with E-state index in [1.165, 1.54) is 104 Å². The lowest BCUT2D eigenvalue weighted by atomic mass is 9.87. The van der Waals surface area contributed by atoms with Crippen LogP contribution >= 0.6 is 0 Å². The standard InChI is InChI=1S/C55H34N2/c1-3-13-35(14-4-1)36-23-25-45-46-26-24-37(32-51(46)43-20-10-9-19-42(43)50(45)31-36)39-27-28-47(41-18-8-7-17-40(39)41)52-33-53-48-29-30-56-34-54(48)57(38-15-5-2-6-16-38)55(53)49-22-12-11-21-44(49)52/h1-34H. The van der Waals surface area contributed by atoms with Gasteiger partial charge in [0.05, 0.1) is 17.2 Å². The molecule has 0 amide bonds. The first-order valence-electron chi connectivity index (χ1n) is 19.6. The number of hydrogen-bond donors (Lipinski definition) is 0. The van der Waals surface area contributed by atoms with Gasteiger partial charge in [-0.2, -0.15) is 0 Å². The number of pyridine rings is 1. The molecule has 0 aliphatic carbocycles. The highest BCUT2D eigenvalue weighted by molar-refractivity contribution is 6.27. The number of benzene rings is 10. The third kappa shape index (κ3) is 4.81. The fourth-order valence-electron chi connectivity index (χ4n) is 9.51. The van der Waals surface area contributed by atoms with Crippen molar-refractivity contribution in [1.29, 1.82) is 0 Å². The molecule has 0 N–H and O–H groups in total. The van der Waals surface area contributed by atoms with Crippen molar-refractivity contribution in [2.45, 2.75) is 0 Å². The van der Waals surface area contributed by atoms with Gasteiger partial charge in [0.2, 0.25) is 0 Å². The molecule has 0 aliphatic heterocycles. The Kier molecular flexibility index (Phi) is 6.96. The lowest BCUT2D eigenvalue weighted by Crippen LogP contribution is -1.95. The molecule has 2 heterocycles. The molecule has 0 saturated carbocycles. The average Bonchev–Trinajstić information content (AvgIpc) is 3.63. The maximum Gasteiger partial charge on any atom is 0.0724 e. The molecule has 57 heavy (non-hydrogen) atoms. The molecular formula is C55H34N2. The van der Waals surface area contributed by atoms with Crippen molar-refractivity contribution < 1.29 is 0 Å². The summed E-state index contributed by atoms with van der Waals surface area (Å²) in [7, 11) is 0. The molecule has 12 rings (SSSR count). The van der Waals surface area contributed by atoms with Crippen LogP contribution in [0.4, 0.5) is 0 Å². The first-order chi connectivity index (χ1) is 28.3. The summed E-state index contributed by atoms with van der Waals surface area (Å²) in [6.45, 7) is 0. The molecule has 2 nitrogen and oxygen atoms in total. The third-order valence-electron chi connectivity index (χ3n) is 12.1. The number of fused-ring (bicyclic) bond motifs is 12. The van der Waals surface area contributed by atoms with Gasteiger partial charge in [0.1, 0.15) is 0 Å². The normalized spacial score (nSPS) is 11.9. The minimum atomic E-state index is 1.11. The van der Waals surface area contributed by atoms with Crippen LogP contribution in [0, 0.1) is 0 Å². The zero-order valence-corrected chi connectivity index (χ0v) is 31.0. The van der Waals surface area contributed by atoms with Gasteiger partial charge in [-0.15, -0.1) is 0 Å². The molecule has 0 spiro atoms. The van der Waals surface area contributed by atoms with Crippen LogP contribution in [-0.4, -0.2) is 9.55 Å². The molecule has 0 bridgehead atoms. The fraction of sp³-hybridized carbons (Fsp3) is 0. The number of aromatic nitrogens is 2. The number of hydrogen-bond acceptors (Lipinski definition) is 1. The van der Waals surface area contributed by atoms with Crippen LogP contribution in [0.25, 0.3) is 115 Å². The summed E-state index contributed by atoms with van der Waals surface area (Å²) in [6, 6.07) is 71.3. The molecule has 2 aromatic heterocycles. The Bertz CT molecular complexity index is 3540. The predicted molar refractivity (Wildman–Crippen MR) is 242 cm³/mol. The van der Waals surface area contributed by atoms with Gasteiger partial charge in [0, 0.05) is 28.0 Å². The third-order valence-corrected chi connectivity index (χ3v) is 12.1. The van der Waals surface area contributed by atoms with Crippen molar-refractivity contribution in [1.82, 2.24) is 9.55 Å². The van der Waals surface area contributed by atoms with E-state index in [0.29, 0.717) is 0 Å². The van der Waals surface area contributed by atoms with E-state index in [4.69, 9.17) is 0 Å². The van der Waals surface area contributed by atoms with Crippen LogP contribution in [-0.2, 0) is 0 Å².